The number of nitrogens with two attached hydrogens (primary N) is 2. The monoisotopic (exact) mass is 408 g/mol. The van der Waals surface area contributed by atoms with Crippen LogP contribution >= 0.6 is 45.8 Å². The molecule has 0 bridgehead atoms. The van der Waals surface area contributed by atoms with Crippen LogP contribution in [0.3, 0.4) is 0 Å². The van der Waals surface area contributed by atoms with Gasteiger partial charge in [-0.25, -0.2) is 0 Å². The van der Waals surface area contributed by atoms with Crippen LogP contribution in [0.25, 0.3) is 0 Å². The number of benzene rings is 2. The molecule has 0 saturated heterocycles. The predicted octanol–water partition coefficient (Wildman–Crippen LogP) is 5.01. The van der Waals surface area contributed by atoms with Crippen LogP contribution in [-0.4, -0.2) is 0 Å². The summed E-state index contributed by atoms with van der Waals surface area (Å²) in [5, 5.41) is 1.38. The lowest BCUT2D eigenvalue weighted by molar-refractivity contribution is 1.14. The molecule has 0 aromatic heterocycles. The van der Waals surface area contributed by atoms with Crippen molar-refractivity contribution >= 4 is 57.2 Å². The maximum absolute atomic E-state index is 5.74. The van der Waals surface area contributed by atoms with E-state index in [0.29, 0.717) is 10.7 Å². The van der Waals surface area contributed by atoms with Crippen molar-refractivity contribution < 1.29 is 0 Å². The summed E-state index contributed by atoms with van der Waals surface area (Å²) in [5.74, 6) is 0. The standard InChI is InChI=1S/C8H10ClN.C6H5ClIN/c1-2-6-5-7(9)3-4-8(6)10;7-5-3-4(8)1-2-6(5)9/h3-5H,2,10H2,1H3;1-3H,9H2. The minimum Gasteiger partial charge on any atom is -0.399 e. The molecular formula is C14H15Cl2IN2. The Labute approximate surface area is 137 Å². The maximum atomic E-state index is 5.74. The second-order valence-corrected chi connectivity index (χ2v) is 5.95. The summed E-state index contributed by atoms with van der Waals surface area (Å²) >= 11 is 13.6. The van der Waals surface area contributed by atoms with Crippen LogP contribution in [0.4, 0.5) is 11.4 Å². The van der Waals surface area contributed by atoms with Gasteiger partial charge in [0.15, 0.2) is 0 Å². The Morgan fingerprint density at radius 3 is 2.11 bits per heavy atom. The molecule has 0 unspecified atom stereocenters. The highest BCUT2D eigenvalue weighted by Gasteiger charge is 1.95. The third-order valence-electron chi connectivity index (χ3n) is 2.45. The summed E-state index contributed by atoms with van der Waals surface area (Å²) in [4.78, 5) is 0. The Kier molecular flexibility index (Phi) is 6.75. The third kappa shape index (κ3) is 5.47. The van der Waals surface area contributed by atoms with Crippen LogP contribution in [0.1, 0.15) is 12.5 Å². The molecule has 0 fully saturated rings. The fraction of sp³-hybridized carbons (Fsp3) is 0.143. The van der Waals surface area contributed by atoms with Crippen molar-refractivity contribution in [2.75, 3.05) is 11.5 Å². The molecule has 0 saturated carbocycles. The van der Waals surface area contributed by atoms with Gasteiger partial charge in [-0.15, -0.1) is 0 Å². The van der Waals surface area contributed by atoms with Gasteiger partial charge in [0.2, 0.25) is 0 Å². The number of anilines is 2. The normalized spacial score (nSPS) is 9.68. The van der Waals surface area contributed by atoms with Gasteiger partial charge in [-0.05, 0) is 71.0 Å². The zero-order valence-electron chi connectivity index (χ0n) is 10.5. The third-order valence-corrected chi connectivity index (χ3v) is 3.68. The van der Waals surface area contributed by atoms with Gasteiger partial charge in [0.25, 0.3) is 0 Å². The van der Waals surface area contributed by atoms with E-state index in [0.717, 1.165) is 26.3 Å². The molecule has 19 heavy (non-hydrogen) atoms. The van der Waals surface area contributed by atoms with Crippen molar-refractivity contribution in [1.29, 1.82) is 0 Å². The lowest BCUT2D eigenvalue weighted by atomic mass is 10.1. The molecule has 4 N–H and O–H groups in total. The number of hydrogen-bond donors (Lipinski definition) is 2. The average Bonchev–Trinajstić information content (AvgIpc) is 2.38. The summed E-state index contributed by atoms with van der Waals surface area (Å²) in [5.41, 5.74) is 13.7. The number of halogens is 3. The Morgan fingerprint density at radius 1 is 1.00 bits per heavy atom. The van der Waals surface area contributed by atoms with Crippen molar-refractivity contribution in [2.24, 2.45) is 0 Å². The highest BCUT2D eigenvalue weighted by Crippen LogP contribution is 2.20. The van der Waals surface area contributed by atoms with Gasteiger partial charge in [0, 0.05) is 14.3 Å². The molecule has 102 valence electrons. The van der Waals surface area contributed by atoms with Crippen LogP contribution in [0.5, 0.6) is 0 Å². The van der Waals surface area contributed by atoms with Gasteiger partial charge >= 0.3 is 0 Å². The minimum atomic E-state index is 0.627. The molecular weight excluding hydrogens is 394 g/mol. The average molecular weight is 409 g/mol. The van der Waals surface area contributed by atoms with Crippen LogP contribution in [0.15, 0.2) is 36.4 Å². The quantitative estimate of drug-likeness (QED) is 0.514. The summed E-state index contributed by atoms with van der Waals surface area (Å²) in [6, 6.07) is 11.1. The molecule has 0 atom stereocenters. The van der Waals surface area contributed by atoms with Gasteiger partial charge in [-0.1, -0.05) is 30.1 Å². The first-order valence-electron chi connectivity index (χ1n) is 5.68. The molecule has 0 aliphatic carbocycles. The maximum Gasteiger partial charge on any atom is 0.0645 e. The SMILES string of the molecule is CCc1cc(Cl)ccc1N.Nc1ccc(I)cc1Cl. The fourth-order valence-corrected chi connectivity index (χ4v) is 2.43. The van der Waals surface area contributed by atoms with Gasteiger partial charge in [-0.3, -0.25) is 0 Å². The Morgan fingerprint density at radius 2 is 1.63 bits per heavy atom. The first kappa shape index (κ1) is 16.4. The fourth-order valence-electron chi connectivity index (χ4n) is 1.38. The van der Waals surface area contributed by atoms with Gasteiger partial charge in [0.1, 0.15) is 0 Å². The second-order valence-electron chi connectivity index (χ2n) is 3.86. The van der Waals surface area contributed by atoms with Gasteiger partial charge in [-0.2, -0.15) is 0 Å². The van der Waals surface area contributed by atoms with E-state index in [1.807, 2.05) is 24.3 Å². The Balaban J connectivity index is 0.000000191. The van der Waals surface area contributed by atoms with Gasteiger partial charge in [0.05, 0.1) is 10.7 Å². The molecule has 0 aliphatic rings. The largest absolute Gasteiger partial charge is 0.399 e. The number of rotatable bonds is 1. The van der Waals surface area contributed by atoms with Crippen molar-refractivity contribution in [3.8, 4) is 0 Å². The lowest BCUT2D eigenvalue weighted by Gasteiger charge is -2.01. The van der Waals surface area contributed by atoms with E-state index in [9.17, 15) is 0 Å². The van der Waals surface area contributed by atoms with Crippen LogP contribution in [0, 0.1) is 3.57 Å². The summed E-state index contributed by atoms with van der Waals surface area (Å²) in [6.45, 7) is 2.06. The molecule has 0 radical (unpaired) electrons. The Hall–Kier alpha value is -0.650. The van der Waals surface area contributed by atoms with E-state index < -0.39 is 0 Å². The van der Waals surface area contributed by atoms with E-state index in [-0.39, 0.29) is 0 Å². The van der Waals surface area contributed by atoms with Crippen molar-refractivity contribution in [2.45, 2.75) is 13.3 Å². The molecule has 2 nitrogen and oxygen atoms in total. The molecule has 0 spiro atoms. The van der Waals surface area contributed by atoms with Crippen molar-refractivity contribution in [3.63, 3.8) is 0 Å². The molecule has 0 heterocycles. The molecule has 5 heteroatoms. The zero-order valence-corrected chi connectivity index (χ0v) is 14.1. The van der Waals surface area contributed by atoms with E-state index >= 15 is 0 Å². The van der Waals surface area contributed by atoms with Crippen LogP contribution in [-0.2, 0) is 6.42 Å². The van der Waals surface area contributed by atoms with Crippen LogP contribution < -0.4 is 11.5 Å². The minimum absolute atomic E-state index is 0.627. The van der Waals surface area contributed by atoms with E-state index in [2.05, 4.69) is 29.5 Å². The summed E-state index contributed by atoms with van der Waals surface area (Å²) in [7, 11) is 0. The number of aryl methyl sites for hydroxylation is 1. The van der Waals surface area contributed by atoms with Crippen LogP contribution in [0.2, 0.25) is 10.0 Å². The van der Waals surface area contributed by atoms with Crippen molar-refractivity contribution in [3.05, 3.63) is 55.6 Å². The lowest BCUT2D eigenvalue weighted by Crippen LogP contribution is -1.91. The smallest absolute Gasteiger partial charge is 0.0645 e. The molecule has 2 aromatic rings. The summed E-state index contributed by atoms with van der Waals surface area (Å²) in [6.07, 6.45) is 0.937. The van der Waals surface area contributed by atoms with E-state index in [4.69, 9.17) is 34.7 Å². The number of nitrogen functional groups attached to an aromatic ring is 2. The Bertz CT molecular complexity index is 559. The predicted molar refractivity (Wildman–Crippen MR) is 93.8 cm³/mol. The topological polar surface area (TPSA) is 52.0 Å². The first-order chi connectivity index (χ1) is 8.93. The molecule has 0 aliphatic heterocycles. The summed E-state index contributed by atoms with van der Waals surface area (Å²) < 4.78 is 1.10. The first-order valence-corrected chi connectivity index (χ1v) is 7.52. The highest BCUT2D eigenvalue weighted by atomic mass is 127. The van der Waals surface area contributed by atoms with Gasteiger partial charge < -0.3 is 11.5 Å². The second kappa shape index (κ2) is 7.82. The molecule has 2 rings (SSSR count). The molecule has 0 amide bonds. The zero-order chi connectivity index (χ0) is 14.4. The van der Waals surface area contributed by atoms with E-state index in [1.54, 1.807) is 12.1 Å². The number of hydrogen-bond acceptors (Lipinski definition) is 2. The molecule has 2 aromatic carbocycles. The van der Waals surface area contributed by atoms with E-state index in [1.165, 1.54) is 0 Å². The van der Waals surface area contributed by atoms with Crippen molar-refractivity contribution in [1.82, 2.24) is 0 Å². The highest BCUT2D eigenvalue weighted by molar-refractivity contribution is 14.1.